The van der Waals surface area contributed by atoms with Crippen LogP contribution in [0.1, 0.15) is 61.4 Å². The van der Waals surface area contributed by atoms with Crippen molar-refractivity contribution in [1.82, 2.24) is 9.97 Å². The molecule has 4 aromatic rings. The van der Waals surface area contributed by atoms with Crippen LogP contribution in [0.15, 0.2) is 73.3 Å². The number of aromatic nitrogens is 2. The number of rotatable bonds is 8. The van der Waals surface area contributed by atoms with Crippen LogP contribution >= 0.6 is 23.2 Å². The molecule has 228 valence electrons. The number of carbonyl (C=O) groups is 2. The van der Waals surface area contributed by atoms with Gasteiger partial charge in [-0.05, 0) is 66.3 Å². The lowest BCUT2D eigenvalue weighted by Crippen LogP contribution is -2.16. The highest BCUT2D eigenvalue weighted by Crippen LogP contribution is 2.33. The lowest BCUT2D eigenvalue weighted by molar-refractivity contribution is -0.141. The molecule has 7 nitrogen and oxygen atoms in total. The van der Waals surface area contributed by atoms with Crippen molar-refractivity contribution in [1.29, 1.82) is 0 Å². The highest BCUT2D eigenvalue weighted by atomic mass is 35.5. The van der Waals surface area contributed by atoms with E-state index in [0.29, 0.717) is 16.5 Å². The summed E-state index contributed by atoms with van der Waals surface area (Å²) in [6.45, 7) is 5.99. The monoisotopic (exact) mass is 623 g/mol. The van der Waals surface area contributed by atoms with E-state index in [0.717, 1.165) is 44.5 Å². The minimum Gasteiger partial charge on any atom is -0.469 e. The molecule has 0 fully saturated rings. The minimum atomic E-state index is -0.451. The zero-order valence-corrected chi connectivity index (χ0v) is 25.9. The molecule has 2 aromatic heterocycles. The van der Waals surface area contributed by atoms with Gasteiger partial charge in [-0.25, -0.2) is 0 Å². The zero-order valence-electron chi connectivity index (χ0n) is 24.4. The smallest absolute Gasteiger partial charge is 0.307 e. The van der Waals surface area contributed by atoms with Gasteiger partial charge in [0.1, 0.15) is 0 Å². The Kier molecular flexibility index (Phi) is 13.8. The number of carbonyl (C=O) groups excluding carboxylic acids is 2. The van der Waals surface area contributed by atoms with Gasteiger partial charge < -0.3 is 15.2 Å². The third kappa shape index (κ3) is 9.61. The van der Waals surface area contributed by atoms with E-state index in [-0.39, 0.29) is 31.7 Å². The van der Waals surface area contributed by atoms with Gasteiger partial charge in [0.05, 0.1) is 27.1 Å². The van der Waals surface area contributed by atoms with Crippen molar-refractivity contribution in [2.24, 2.45) is 5.73 Å². The molecule has 2 aromatic carbocycles. The largest absolute Gasteiger partial charge is 0.469 e. The molecule has 0 bridgehead atoms. The predicted molar refractivity (Wildman–Crippen MR) is 174 cm³/mol. The summed E-state index contributed by atoms with van der Waals surface area (Å²) in [5.41, 5.74) is 13.7. The second-order valence-corrected chi connectivity index (χ2v) is 10.8. The number of benzene rings is 2. The van der Waals surface area contributed by atoms with E-state index in [1.807, 2.05) is 69.3 Å². The first-order valence-electron chi connectivity index (χ1n) is 13.4. The molecule has 0 spiro atoms. The normalized spacial score (nSPS) is 11.7. The Morgan fingerprint density at radius 3 is 1.67 bits per heavy atom. The van der Waals surface area contributed by atoms with Crippen LogP contribution in [0.4, 0.5) is 0 Å². The molecule has 0 unspecified atom stereocenters. The van der Waals surface area contributed by atoms with E-state index in [1.165, 1.54) is 14.2 Å². The fraction of sp³-hybridized carbons (Fsp3) is 0.294. The van der Waals surface area contributed by atoms with Crippen LogP contribution in [0.25, 0.3) is 22.3 Å². The number of hydrogen-bond donors (Lipinski definition) is 1. The Morgan fingerprint density at radius 1 is 0.767 bits per heavy atom. The van der Waals surface area contributed by atoms with Gasteiger partial charge >= 0.3 is 11.9 Å². The average molecular weight is 625 g/mol. The number of hydrogen-bond acceptors (Lipinski definition) is 7. The first-order valence-corrected chi connectivity index (χ1v) is 14.1. The molecule has 9 heteroatoms. The highest BCUT2D eigenvalue weighted by Gasteiger charge is 2.16. The van der Waals surface area contributed by atoms with Crippen LogP contribution in [-0.2, 0) is 19.1 Å². The molecule has 4 rings (SSSR count). The SMILES string of the molecule is C.COC(=O)C[C@H](C)c1cncc(-c2c(C)cccc2Cl)c1.COC(=O)C[C@H](N)c1cncc(-c2c(C)cccc2Cl)c1. The number of ether oxygens (including phenoxy) is 2. The van der Waals surface area contributed by atoms with E-state index < -0.39 is 6.04 Å². The van der Waals surface area contributed by atoms with Crippen molar-refractivity contribution < 1.29 is 19.1 Å². The summed E-state index contributed by atoms with van der Waals surface area (Å²) in [5.74, 6) is -0.517. The van der Waals surface area contributed by atoms with Gasteiger partial charge in [-0.1, -0.05) is 61.8 Å². The molecular weight excluding hydrogens is 585 g/mol. The molecule has 0 saturated heterocycles. The molecule has 2 N–H and O–H groups in total. The van der Waals surface area contributed by atoms with Crippen LogP contribution in [0.3, 0.4) is 0 Å². The van der Waals surface area contributed by atoms with Crippen LogP contribution in [0, 0.1) is 13.8 Å². The number of aryl methyl sites for hydroxylation is 2. The van der Waals surface area contributed by atoms with Crippen LogP contribution in [0.2, 0.25) is 10.0 Å². The third-order valence-corrected chi connectivity index (χ3v) is 7.48. The van der Waals surface area contributed by atoms with E-state index in [9.17, 15) is 9.59 Å². The van der Waals surface area contributed by atoms with Gasteiger partial charge in [0.2, 0.25) is 0 Å². The van der Waals surface area contributed by atoms with E-state index >= 15 is 0 Å². The van der Waals surface area contributed by atoms with Crippen molar-refractivity contribution in [2.75, 3.05) is 14.2 Å². The third-order valence-electron chi connectivity index (χ3n) is 6.85. The summed E-state index contributed by atoms with van der Waals surface area (Å²) in [7, 11) is 2.74. The highest BCUT2D eigenvalue weighted by molar-refractivity contribution is 6.33. The average Bonchev–Trinajstić information content (AvgIpc) is 2.97. The zero-order chi connectivity index (χ0) is 30.8. The topological polar surface area (TPSA) is 104 Å². The fourth-order valence-corrected chi connectivity index (χ4v) is 5.15. The molecule has 0 saturated carbocycles. The second-order valence-electron chi connectivity index (χ2n) is 9.95. The summed E-state index contributed by atoms with van der Waals surface area (Å²) in [6, 6.07) is 15.0. The first-order chi connectivity index (χ1) is 20.0. The number of nitrogens with two attached hydrogens (primary N) is 1. The lowest BCUT2D eigenvalue weighted by Gasteiger charge is -2.13. The van der Waals surface area contributed by atoms with E-state index in [1.54, 1.807) is 24.8 Å². The van der Waals surface area contributed by atoms with Crippen LogP contribution < -0.4 is 5.73 Å². The Hall–Kier alpha value is -3.78. The number of halogens is 2. The van der Waals surface area contributed by atoms with Gasteiger partial charge in [-0.2, -0.15) is 0 Å². The Bertz CT molecular complexity index is 1390. The quantitative estimate of drug-likeness (QED) is 0.197. The summed E-state index contributed by atoms with van der Waals surface area (Å²) in [5, 5.41) is 1.37. The maximum Gasteiger partial charge on any atom is 0.307 e. The number of nitrogens with zero attached hydrogens (tertiary/aromatic N) is 2. The first kappa shape index (κ1) is 35.4. The van der Waals surface area contributed by atoms with E-state index in [2.05, 4.69) is 14.7 Å². The van der Waals surface area contributed by atoms with E-state index in [4.69, 9.17) is 33.7 Å². The standard InChI is InChI=1S/C17H18ClNO2.C16H17ClN2O2.CH4/c1-11-5-4-6-15(18)17(11)14-8-13(9-19-10-14)12(2)7-16(20)21-3;1-10-4-3-5-13(17)16(10)12-6-11(8-19-9-12)14(18)7-15(20)21-2;/h4-6,8-10,12H,7H2,1-3H3;3-6,8-9,14H,7,18H2,1-2H3;1H4/t12-;14-;/m00./s1. The molecule has 43 heavy (non-hydrogen) atoms. The van der Waals surface area contributed by atoms with Crippen molar-refractivity contribution in [3.8, 4) is 22.3 Å². The summed E-state index contributed by atoms with van der Waals surface area (Å²) < 4.78 is 9.35. The number of esters is 2. The molecule has 0 aliphatic heterocycles. The van der Waals surface area contributed by atoms with Gasteiger partial charge in [0.15, 0.2) is 0 Å². The lowest BCUT2D eigenvalue weighted by atomic mass is 9.95. The van der Waals surface area contributed by atoms with Crippen LogP contribution in [0.5, 0.6) is 0 Å². The molecule has 0 aliphatic carbocycles. The Morgan fingerprint density at radius 2 is 1.21 bits per heavy atom. The maximum atomic E-state index is 11.4. The molecule has 0 amide bonds. The summed E-state index contributed by atoms with van der Waals surface area (Å²) in [6.07, 6.45) is 7.42. The Labute approximate surface area is 264 Å². The van der Waals surface area contributed by atoms with Gasteiger partial charge in [-0.3, -0.25) is 19.6 Å². The summed E-state index contributed by atoms with van der Waals surface area (Å²) in [4.78, 5) is 31.2. The fourth-order valence-electron chi connectivity index (χ4n) is 4.49. The van der Waals surface area contributed by atoms with Crippen molar-refractivity contribution in [3.63, 3.8) is 0 Å². The minimum absolute atomic E-state index is 0. The molecule has 2 heterocycles. The van der Waals surface area contributed by atoms with Crippen LogP contribution in [-0.4, -0.2) is 36.1 Å². The maximum absolute atomic E-state index is 11.4. The van der Waals surface area contributed by atoms with Gasteiger partial charge in [-0.15, -0.1) is 0 Å². The van der Waals surface area contributed by atoms with Crippen molar-refractivity contribution in [3.05, 3.63) is 106 Å². The molecule has 2 atom stereocenters. The predicted octanol–water partition coefficient (Wildman–Crippen LogP) is 8.29. The summed E-state index contributed by atoms with van der Waals surface area (Å²) >= 11 is 12.6. The number of pyridine rings is 2. The molecular formula is C34H39Cl2N3O4. The molecule has 0 aliphatic rings. The van der Waals surface area contributed by atoms with Gasteiger partial charge in [0, 0.05) is 63.1 Å². The Balaban J connectivity index is 0.000000293. The second kappa shape index (κ2) is 16.8. The van der Waals surface area contributed by atoms with Crippen molar-refractivity contribution in [2.45, 2.75) is 53.0 Å². The van der Waals surface area contributed by atoms with Crippen molar-refractivity contribution >= 4 is 35.1 Å². The van der Waals surface area contributed by atoms with Gasteiger partial charge in [0.25, 0.3) is 0 Å². The molecule has 0 radical (unpaired) electrons. The number of methoxy groups -OCH3 is 2.